The van der Waals surface area contributed by atoms with Crippen LogP contribution in [0.1, 0.15) is 67.2 Å². The molecule has 0 spiro atoms. The third-order valence-corrected chi connectivity index (χ3v) is 3.91. The Hall–Kier alpha value is -1.77. The average Bonchev–Trinajstić information content (AvgIpc) is 2.46. The molecule has 0 atom stereocenters. The van der Waals surface area contributed by atoms with Crippen LogP contribution in [-0.2, 0) is 14.3 Å². The van der Waals surface area contributed by atoms with Crippen molar-refractivity contribution < 1.29 is 14.3 Å². The van der Waals surface area contributed by atoms with Gasteiger partial charge in [0.2, 0.25) is 0 Å². The van der Waals surface area contributed by atoms with Gasteiger partial charge in [-0.25, -0.2) is 0 Å². The number of rotatable bonds is 3. The Kier molecular flexibility index (Phi) is 5.42. The third kappa shape index (κ3) is 5.40. The Morgan fingerprint density at radius 1 is 0.792 bits per heavy atom. The molecule has 0 unspecified atom stereocenters. The summed E-state index contributed by atoms with van der Waals surface area (Å²) in [6.45, 7) is 11.8. The highest BCUT2D eigenvalue weighted by Gasteiger charge is 2.25. The van der Waals surface area contributed by atoms with Gasteiger partial charge in [-0.1, -0.05) is 12.2 Å². The Morgan fingerprint density at radius 2 is 1.29 bits per heavy atom. The Balaban J connectivity index is 2.01. The van der Waals surface area contributed by atoms with Crippen molar-refractivity contribution in [1.29, 1.82) is 0 Å². The first-order valence-corrected chi connectivity index (χ1v) is 8.76. The van der Waals surface area contributed by atoms with Gasteiger partial charge in [-0.15, -0.1) is 0 Å². The molecule has 24 heavy (non-hydrogen) atoms. The zero-order valence-electron chi connectivity index (χ0n) is 15.9. The van der Waals surface area contributed by atoms with E-state index in [0.717, 1.165) is 37.2 Å². The van der Waals surface area contributed by atoms with E-state index in [1.165, 1.54) is 11.1 Å². The lowest BCUT2D eigenvalue weighted by Crippen LogP contribution is -2.23. The van der Waals surface area contributed by atoms with E-state index in [1.807, 2.05) is 26.8 Å². The zero-order valence-corrected chi connectivity index (χ0v) is 15.9. The summed E-state index contributed by atoms with van der Waals surface area (Å²) in [5.41, 5.74) is 2.08. The van der Waals surface area contributed by atoms with Crippen molar-refractivity contribution in [3.63, 3.8) is 0 Å². The second-order valence-electron chi connectivity index (χ2n) is 8.50. The molecule has 0 radical (unpaired) electrons. The summed E-state index contributed by atoms with van der Waals surface area (Å²) < 4.78 is 11.4. The smallest absolute Gasteiger partial charge is 0.316 e. The molecule has 3 heteroatoms. The Labute approximate surface area is 146 Å². The minimum absolute atomic E-state index is 0.143. The molecule has 0 amide bonds. The van der Waals surface area contributed by atoms with Gasteiger partial charge in [0.1, 0.15) is 11.4 Å². The fourth-order valence-electron chi connectivity index (χ4n) is 2.61. The van der Waals surface area contributed by atoms with Crippen LogP contribution < -0.4 is 0 Å². The summed E-state index contributed by atoms with van der Waals surface area (Å²) in [5, 5.41) is 0. The largest absolute Gasteiger partial charge is 0.492 e. The highest BCUT2D eigenvalue weighted by molar-refractivity contribution is 5.76. The van der Waals surface area contributed by atoms with E-state index in [-0.39, 0.29) is 11.6 Å². The van der Waals surface area contributed by atoms with Crippen LogP contribution in [0.5, 0.6) is 0 Å². The molecule has 0 heterocycles. The molecule has 3 nitrogen and oxygen atoms in total. The predicted octanol–water partition coefficient (Wildman–Crippen LogP) is 5.60. The van der Waals surface area contributed by atoms with Crippen molar-refractivity contribution >= 4 is 5.97 Å². The van der Waals surface area contributed by atoms with Crippen molar-refractivity contribution in [3.05, 3.63) is 47.0 Å². The van der Waals surface area contributed by atoms with E-state index in [2.05, 4.69) is 39.0 Å². The minimum atomic E-state index is -0.467. The lowest BCUT2D eigenvalue weighted by atomic mass is 9.90. The fraction of sp³-hybridized carbons (Fsp3) is 0.571. The van der Waals surface area contributed by atoms with Crippen molar-refractivity contribution in [2.45, 2.75) is 72.8 Å². The zero-order chi connectivity index (χ0) is 18.0. The van der Waals surface area contributed by atoms with Gasteiger partial charge in [0, 0.05) is 12.8 Å². The maximum absolute atomic E-state index is 11.9. The number of hydrogen-bond donors (Lipinski definition) is 0. The SMILES string of the molecule is CC(C)(C)OC1=CC=C(C2=CC=C(OC(=O)C(C)(C)C)CC2)CC1. The molecule has 0 saturated heterocycles. The topological polar surface area (TPSA) is 35.5 Å². The van der Waals surface area contributed by atoms with Gasteiger partial charge < -0.3 is 9.47 Å². The average molecular weight is 330 g/mol. The number of allylic oxidation sites excluding steroid dienone is 8. The normalized spacial score (nSPS) is 18.9. The van der Waals surface area contributed by atoms with E-state index >= 15 is 0 Å². The molecule has 0 N–H and O–H groups in total. The van der Waals surface area contributed by atoms with Crippen LogP contribution in [0.2, 0.25) is 0 Å². The molecule has 0 saturated carbocycles. The number of esters is 1. The van der Waals surface area contributed by atoms with Crippen molar-refractivity contribution in [2.75, 3.05) is 0 Å². The fourth-order valence-corrected chi connectivity index (χ4v) is 2.61. The summed E-state index contributed by atoms with van der Waals surface area (Å²) >= 11 is 0. The van der Waals surface area contributed by atoms with Gasteiger partial charge in [0.25, 0.3) is 0 Å². The van der Waals surface area contributed by atoms with Crippen molar-refractivity contribution in [2.24, 2.45) is 5.41 Å². The first-order chi connectivity index (χ1) is 11.0. The molecule has 132 valence electrons. The molecule has 0 bridgehead atoms. The molecule has 2 rings (SSSR count). The lowest BCUT2D eigenvalue weighted by Gasteiger charge is -2.26. The first-order valence-electron chi connectivity index (χ1n) is 8.76. The van der Waals surface area contributed by atoms with Crippen molar-refractivity contribution in [1.82, 2.24) is 0 Å². The van der Waals surface area contributed by atoms with Crippen LogP contribution in [0, 0.1) is 5.41 Å². The quantitative estimate of drug-likeness (QED) is 0.632. The summed E-state index contributed by atoms with van der Waals surface area (Å²) in [6.07, 6.45) is 11.9. The molecule has 0 fully saturated rings. The molecule has 0 aromatic rings. The highest BCUT2D eigenvalue weighted by atomic mass is 16.5. The van der Waals surface area contributed by atoms with E-state index in [0.29, 0.717) is 0 Å². The third-order valence-electron chi connectivity index (χ3n) is 3.91. The van der Waals surface area contributed by atoms with E-state index < -0.39 is 5.41 Å². The second-order valence-corrected chi connectivity index (χ2v) is 8.50. The second kappa shape index (κ2) is 7.00. The molecular formula is C21H30O3. The maximum atomic E-state index is 11.9. The van der Waals surface area contributed by atoms with Gasteiger partial charge in [0.05, 0.1) is 11.2 Å². The number of carbonyl (C=O) groups excluding carboxylic acids is 1. The standard InChI is InChI=1S/C21H30O3/c1-20(2,3)19(22)23-17-11-7-15(8-12-17)16-9-13-18(14-10-16)24-21(4,5)6/h7,9,11,13H,8,10,12,14H2,1-6H3. The van der Waals surface area contributed by atoms with Gasteiger partial charge in [-0.3, -0.25) is 4.79 Å². The monoisotopic (exact) mass is 330 g/mol. The van der Waals surface area contributed by atoms with Gasteiger partial charge in [-0.2, -0.15) is 0 Å². The van der Waals surface area contributed by atoms with E-state index in [9.17, 15) is 4.79 Å². The van der Waals surface area contributed by atoms with Gasteiger partial charge >= 0.3 is 5.97 Å². The molecule has 0 aromatic heterocycles. The van der Waals surface area contributed by atoms with Crippen LogP contribution in [0.15, 0.2) is 47.0 Å². The van der Waals surface area contributed by atoms with Crippen LogP contribution in [0.25, 0.3) is 0 Å². The van der Waals surface area contributed by atoms with Crippen LogP contribution in [0.4, 0.5) is 0 Å². The number of ether oxygens (including phenoxy) is 2. The summed E-state index contributed by atoms with van der Waals surface area (Å²) in [6, 6.07) is 0. The minimum Gasteiger partial charge on any atom is -0.492 e. The van der Waals surface area contributed by atoms with Crippen LogP contribution in [0.3, 0.4) is 0 Å². The van der Waals surface area contributed by atoms with E-state index in [1.54, 1.807) is 0 Å². The number of hydrogen-bond acceptors (Lipinski definition) is 3. The van der Waals surface area contributed by atoms with Gasteiger partial charge in [-0.05, 0) is 77.7 Å². The molecule has 0 aromatic carbocycles. The molecule has 2 aliphatic carbocycles. The molecular weight excluding hydrogens is 300 g/mol. The Morgan fingerprint density at radius 3 is 1.67 bits per heavy atom. The number of carbonyl (C=O) groups is 1. The summed E-state index contributed by atoms with van der Waals surface area (Å²) in [7, 11) is 0. The predicted molar refractivity (Wildman–Crippen MR) is 97.2 cm³/mol. The highest BCUT2D eigenvalue weighted by Crippen LogP contribution is 2.32. The van der Waals surface area contributed by atoms with E-state index in [4.69, 9.17) is 9.47 Å². The van der Waals surface area contributed by atoms with Gasteiger partial charge in [0.15, 0.2) is 0 Å². The lowest BCUT2D eigenvalue weighted by molar-refractivity contribution is -0.148. The van der Waals surface area contributed by atoms with Crippen LogP contribution >= 0.6 is 0 Å². The Bertz CT molecular complexity index is 616. The van der Waals surface area contributed by atoms with Crippen molar-refractivity contribution in [3.8, 4) is 0 Å². The maximum Gasteiger partial charge on any atom is 0.316 e. The summed E-state index contributed by atoms with van der Waals surface area (Å²) in [4.78, 5) is 11.9. The first kappa shape index (κ1) is 18.6. The van der Waals surface area contributed by atoms with Crippen LogP contribution in [-0.4, -0.2) is 11.6 Å². The summed E-state index contributed by atoms with van der Waals surface area (Å²) in [5.74, 6) is 1.65. The molecule has 2 aliphatic rings. The molecule has 0 aliphatic heterocycles.